The third-order valence-electron chi connectivity index (χ3n) is 6.70. The monoisotopic (exact) mass is 491 g/mol. The fraction of sp³-hybridized carbons (Fsp3) is 0.233. The van der Waals surface area contributed by atoms with E-state index >= 15 is 0 Å². The largest absolute Gasteiger partial charge is 0.353 e. The lowest BCUT2D eigenvalue weighted by Crippen LogP contribution is -2.48. The SMILES string of the molecule is CSc1nc(-c2ccc(C)cc2)c(C#N)c(N2CCN(C(c3ccccc3)c3ccccc3)CC2)n1. The molecule has 1 saturated heterocycles. The zero-order valence-electron chi connectivity index (χ0n) is 20.6. The molecule has 0 bridgehead atoms. The predicted molar refractivity (Wildman–Crippen MR) is 147 cm³/mol. The molecule has 0 amide bonds. The van der Waals surface area contributed by atoms with Crippen LogP contribution in [0, 0.1) is 18.3 Å². The highest BCUT2D eigenvalue weighted by molar-refractivity contribution is 7.98. The summed E-state index contributed by atoms with van der Waals surface area (Å²) in [6.07, 6.45) is 1.98. The molecule has 180 valence electrons. The zero-order chi connectivity index (χ0) is 24.9. The molecule has 1 aromatic heterocycles. The molecular formula is C30H29N5S. The van der Waals surface area contributed by atoms with E-state index in [-0.39, 0.29) is 6.04 Å². The maximum Gasteiger partial charge on any atom is 0.189 e. The Labute approximate surface area is 217 Å². The lowest BCUT2D eigenvalue weighted by molar-refractivity contribution is 0.212. The van der Waals surface area contributed by atoms with Gasteiger partial charge in [0.2, 0.25) is 0 Å². The van der Waals surface area contributed by atoms with E-state index in [2.05, 4.69) is 95.6 Å². The summed E-state index contributed by atoms with van der Waals surface area (Å²) in [5.41, 5.74) is 5.97. The molecule has 5 rings (SSSR count). The van der Waals surface area contributed by atoms with Crippen LogP contribution in [-0.4, -0.2) is 47.3 Å². The van der Waals surface area contributed by atoms with Crippen LogP contribution in [0.2, 0.25) is 0 Å². The van der Waals surface area contributed by atoms with Crippen LogP contribution in [0.3, 0.4) is 0 Å². The highest BCUT2D eigenvalue weighted by atomic mass is 32.2. The van der Waals surface area contributed by atoms with Crippen LogP contribution in [0.4, 0.5) is 5.82 Å². The Hall–Kier alpha value is -3.66. The molecule has 0 aliphatic carbocycles. The molecule has 0 spiro atoms. The summed E-state index contributed by atoms with van der Waals surface area (Å²) in [5.74, 6) is 0.739. The molecule has 1 aliphatic rings. The zero-order valence-corrected chi connectivity index (χ0v) is 21.4. The summed E-state index contributed by atoms with van der Waals surface area (Å²) in [6.45, 7) is 5.40. The van der Waals surface area contributed by atoms with Gasteiger partial charge in [0, 0.05) is 31.7 Å². The van der Waals surface area contributed by atoms with Gasteiger partial charge in [-0.1, -0.05) is 102 Å². The second kappa shape index (κ2) is 10.9. The Kier molecular flexibility index (Phi) is 7.31. The second-order valence-electron chi connectivity index (χ2n) is 8.98. The summed E-state index contributed by atoms with van der Waals surface area (Å²) < 4.78 is 0. The van der Waals surface area contributed by atoms with E-state index in [1.165, 1.54) is 28.5 Å². The fourth-order valence-corrected chi connectivity index (χ4v) is 5.21. The number of benzene rings is 3. The van der Waals surface area contributed by atoms with Crippen LogP contribution in [0.1, 0.15) is 28.3 Å². The first-order chi connectivity index (χ1) is 17.7. The summed E-state index contributed by atoms with van der Waals surface area (Å²) in [7, 11) is 0. The number of thioether (sulfide) groups is 1. The Morgan fingerprint density at radius 1 is 0.806 bits per heavy atom. The maximum absolute atomic E-state index is 10.2. The number of piperazine rings is 1. The minimum atomic E-state index is 0.195. The standard InChI is InChI=1S/C30H29N5S/c1-22-13-15-23(16-14-22)27-26(21-31)29(33-30(32-27)36-2)35-19-17-34(18-20-35)28(24-9-5-3-6-10-24)25-11-7-4-8-12-25/h3-16,28H,17-20H2,1-2H3. The summed E-state index contributed by atoms with van der Waals surface area (Å²) in [4.78, 5) is 14.3. The van der Waals surface area contributed by atoms with Gasteiger partial charge in [-0.05, 0) is 24.3 Å². The summed E-state index contributed by atoms with van der Waals surface area (Å²) >= 11 is 1.51. The third kappa shape index (κ3) is 4.99. The minimum absolute atomic E-state index is 0.195. The quantitative estimate of drug-likeness (QED) is 0.245. The molecule has 1 fully saturated rings. The molecule has 1 aliphatic heterocycles. The second-order valence-corrected chi connectivity index (χ2v) is 9.76. The van der Waals surface area contributed by atoms with Crippen LogP contribution >= 0.6 is 11.8 Å². The molecule has 0 saturated carbocycles. The van der Waals surface area contributed by atoms with Gasteiger partial charge in [-0.2, -0.15) is 5.26 Å². The topological polar surface area (TPSA) is 56.1 Å². The molecule has 6 heteroatoms. The van der Waals surface area contributed by atoms with Crippen LogP contribution in [0.15, 0.2) is 90.1 Å². The highest BCUT2D eigenvalue weighted by Crippen LogP contribution is 2.33. The first-order valence-corrected chi connectivity index (χ1v) is 13.4. The van der Waals surface area contributed by atoms with Crippen molar-refractivity contribution >= 4 is 17.6 Å². The number of aryl methyl sites for hydroxylation is 1. The van der Waals surface area contributed by atoms with E-state index < -0.39 is 0 Å². The average molecular weight is 492 g/mol. The molecule has 0 N–H and O–H groups in total. The van der Waals surface area contributed by atoms with Crippen molar-refractivity contribution in [3.63, 3.8) is 0 Å². The minimum Gasteiger partial charge on any atom is -0.353 e. The van der Waals surface area contributed by atoms with Crippen LogP contribution in [0.25, 0.3) is 11.3 Å². The Morgan fingerprint density at radius 3 is 1.92 bits per heavy atom. The summed E-state index contributed by atoms with van der Waals surface area (Å²) in [6, 6.07) is 32.2. The van der Waals surface area contributed by atoms with Crippen molar-refractivity contribution in [1.82, 2.24) is 14.9 Å². The van der Waals surface area contributed by atoms with Gasteiger partial charge in [-0.3, -0.25) is 4.90 Å². The van der Waals surface area contributed by atoms with Crippen LogP contribution < -0.4 is 4.90 Å². The van der Waals surface area contributed by atoms with Crippen molar-refractivity contribution in [3.05, 3.63) is 107 Å². The molecule has 0 radical (unpaired) electrons. The Morgan fingerprint density at radius 2 is 1.39 bits per heavy atom. The van der Waals surface area contributed by atoms with Crippen LogP contribution in [-0.2, 0) is 0 Å². The van der Waals surface area contributed by atoms with Gasteiger partial charge in [0.1, 0.15) is 11.6 Å². The maximum atomic E-state index is 10.2. The van der Waals surface area contributed by atoms with Gasteiger partial charge in [-0.25, -0.2) is 9.97 Å². The van der Waals surface area contributed by atoms with E-state index in [0.29, 0.717) is 16.4 Å². The van der Waals surface area contributed by atoms with Gasteiger partial charge in [0.25, 0.3) is 0 Å². The van der Waals surface area contributed by atoms with Gasteiger partial charge in [-0.15, -0.1) is 0 Å². The number of rotatable bonds is 6. The number of hydrogen-bond acceptors (Lipinski definition) is 6. The van der Waals surface area contributed by atoms with Crippen molar-refractivity contribution in [1.29, 1.82) is 5.26 Å². The van der Waals surface area contributed by atoms with Crippen molar-refractivity contribution in [2.75, 3.05) is 37.3 Å². The van der Waals surface area contributed by atoms with E-state index in [4.69, 9.17) is 9.97 Å². The molecule has 5 nitrogen and oxygen atoms in total. The first kappa shape index (κ1) is 24.1. The number of aromatic nitrogens is 2. The molecule has 0 atom stereocenters. The van der Waals surface area contributed by atoms with E-state index in [0.717, 1.165) is 37.6 Å². The van der Waals surface area contributed by atoms with Crippen molar-refractivity contribution in [3.8, 4) is 17.3 Å². The third-order valence-corrected chi connectivity index (χ3v) is 7.25. The molecule has 4 aromatic rings. The molecule has 2 heterocycles. The van der Waals surface area contributed by atoms with E-state index in [1.54, 1.807) is 0 Å². The van der Waals surface area contributed by atoms with Gasteiger partial charge in [0.05, 0.1) is 11.7 Å². The Balaban J connectivity index is 1.45. The number of anilines is 1. The van der Waals surface area contributed by atoms with Gasteiger partial charge < -0.3 is 4.90 Å². The molecular weight excluding hydrogens is 462 g/mol. The molecule has 36 heavy (non-hydrogen) atoms. The molecule has 0 unspecified atom stereocenters. The predicted octanol–water partition coefficient (Wildman–Crippen LogP) is 5.96. The van der Waals surface area contributed by atoms with Crippen LogP contribution in [0.5, 0.6) is 0 Å². The fourth-order valence-electron chi connectivity index (χ4n) is 4.85. The summed E-state index contributed by atoms with van der Waals surface area (Å²) in [5, 5.41) is 10.9. The lowest BCUT2D eigenvalue weighted by atomic mass is 9.96. The smallest absolute Gasteiger partial charge is 0.189 e. The lowest BCUT2D eigenvalue weighted by Gasteiger charge is -2.40. The normalized spacial score (nSPS) is 14.1. The van der Waals surface area contributed by atoms with Gasteiger partial charge in [0.15, 0.2) is 11.0 Å². The number of hydrogen-bond donors (Lipinski definition) is 0. The average Bonchev–Trinajstić information content (AvgIpc) is 2.94. The Bertz CT molecular complexity index is 1300. The highest BCUT2D eigenvalue weighted by Gasteiger charge is 2.29. The molecule has 3 aromatic carbocycles. The van der Waals surface area contributed by atoms with Crippen molar-refractivity contribution in [2.24, 2.45) is 0 Å². The van der Waals surface area contributed by atoms with Crippen molar-refractivity contribution in [2.45, 2.75) is 18.1 Å². The first-order valence-electron chi connectivity index (χ1n) is 12.2. The number of nitriles is 1. The van der Waals surface area contributed by atoms with Gasteiger partial charge >= 0.3 is 0 Å². The van der Waals surface area contributed by atoms with Crippen molar-refractivity contribution < 1.29 is 0 Å². The van der Waals surface area contributed by atoms with E-state index in [9.17, 15) is 5.26 Å². The number of nitrogens with zero attached hydrogens (tertiary/aromatic N) is 5. The van der Waals surface area contributed by atoms with E-state index in [1.807, 2.05) is 18.4 Å².